The second kappa shape index (κ2) is 7.83. The highest BCUT2D eigenvalue weighted by atomic mass is 19.4. The number of hydrogen-bond acceptors (Lipinski definition) is 3. The number of carbonyl (C=O) groups excluding carboxylic acids is 1. The molecule has 0 saturated carbocycles. The fourth-order valence-electron chi connectivity index (χ4n) is 2.67. The molecule has 118 valence electrons. The third kappa shape index (κ3) is 5.66. The van der Waals surface area contributed by atoms with Crippen LogP contribution in [0, 0.1) is 0 Å². The molecule has 1 saturated heterocycles. The Bertz CT molecular complexity index is 310. The highest BCUT2D eigenvalue weighted by Gasteiger charge is 2.34. The van der Waals surface area contributed by atoms with Crippen molar-refractivity contribution in [2.24, 2.45) is 5.73 Å². The zero-order chi connectivity index (χ0) is 15.2. The molecule has 0 bridgehead atoms. The molecule has 1 fully saturated rings. The molecule has 0 aliphatic carbocycles. The van der Waals surface area contributed by atoms with Crippen LogP contribution in [0.25, 0.3) is 0 Å². The summed E-state index contributed by atoms with van der Waals surface area (Å²) in [6, 6.07) is 0.359. The van der Waals surface area contributed by atoms with Gasteiger partial charge in [-0.05, 0) is 25.8 Å². The average molecular weight is 295 g/mol. The predicted molar refractivity (Wildman–Crippen MR) is 71.2 cm³/mol. The maximum Gasteiger partial charge on any atom is 0.397 e. The van der Waals surface area contributed by atoms with Crippen molar-refractivity contribution in [1.29, 1.82) is 0 Å². The van der Waals surface area contributed by atoms with E-state index in [4.69, 9.17) is 5.73 Å². The number of nitrogens with two attached hydrogens (primary N) is 1. The maximum atomic E-state index is 12.3. The fraction of sp³-hybridized carbons (Fsp3) is 0.923. The summed E-state index contributed by atoms with van der Waals surface area (Å²) in [5, 5.41) is 0. The SMILES string of the molecule is CCC(CCN)N1CCCN(C(=O)CC(F)(F)F)CC1. The first-order valence-electron chi connectivity index (χ1n) is 7.16. The number of carbonyl (C=O) groups is 1. The molecule has 2 N–H and O–H groups in total. The summed E-state index contributed by atoms with van der Waals surface area (Å²) in [5.41, 5.74) is 5.58. The standard InChI is InChI=1S/C13H24F3N3O/c1-2-11(4-5-17)18-6-3-7-19(9-8-18)12(20)10-13(14,15)16/h11H,2-10,17H2,1H3. The minimum Gasteiger partial charge on any atom is -0.341 e. The lowest BCUT2D eigenvalue weighted by Crippen LogP contribution is -2.40. The Morgan fingerprint density at radius 1 is 1.25 bits per heavy atom. The Balaban J connectivity index is 2.52. The van der Waals surface area contributed by atoms with Gasteiger partial charge in [-0.25, -0.2) is 0 Å². The van der Waals surface area contributed by atoms with Crippen molar-refractivity contribution in [1.82, 2.24) is 9.80 Å². The molecule has 1 rings (SSSR count). The van der Waals surface area contributed by atoms with Gasteiger partial charge in [0.2, 0.25) is 5.91 Å². The monoisotopic (exact) mass is 295 g/mol. The van der Waals surface area contributed by atoms with Crippen LogP contribution in [0.3, 0.4) is 0 Å². The van der Waals surface area contributed by atoms with Gasteiger partial charge in [0.15, 0.2) is 0 Å². The van der Waals surface area contributed by atoms with E-state index in [1.807, 2.05) is 0 Å². The molecule has 1 atom stereocenters. The Labute approximate surface area is 118 Å². The molecule has 1 heterocycles. The van der Waals surface area contributed by atoms with Crippen LogP contribution in [0.1, 0.15) is 32.6 Å². The predicted octanol–water partition coefficient (Wildman–Crippen LogP) is 1.60. The summed E-state index contributed by atoms with van der Waals surface area (Å²) in [6.45, 7) is 4.90. The second-order valence-corrected chi connectivity index (χ2v) is 5.20. The number of amides is 1. The van der Waals surface area contributed by atoms with Crippen molar-refractivity contribution in [3.63, 3.8) is 0 Å². The molecule has 20 heavy (non-hydrogen) atoms. The first-order valence-corrected chi connectivity index (χ1v) is 7.16. The first kappa shape index (κ1) is 17.2. The van der Waals surface area contributed by atoms with E-state index in [2.05, 4.69) is 11.8 Å². The van der Waals surface area contributed by atoms with Crippen LogP contribution < -0.4 is 5.73 Å². The van der Waals surface area contributed by atoms with Gasteiger partial charge in [-0.3, -0.25) is 9.69 Å². The summed E-state index contributed by atoms with van der Waals surface area (Å²) < 4.78 is 36.8. The fourth-order valence-corrected chi connectivity index (χ4v) is 2.67. The van der Waals surface area contributed by atoms with Gasteiger partial charge in [0, 0.05) is 32.2 Å². The van der Waals surface area contributed by atoms with Crippen LogP contribution in [-0.4, -0.2) is 60.6 Å². The molecule has 0 aromatic heterocycles. The Hall–Kier alpha value is -0.820. The summed E-state index contributed by atoms with van der Waals surface area (Å²) in [5.74, 6) is -0.814. The highest BCUT2D eigenvalue weighted by molar-refractivity contribution is 5.76. The molecule has 1 aliphatic rings. The van der Waals surface area contributed by atoms with E-state index in [1.165, 1.54) is 4.90 Å². The van der Waals surface area contributed by atoms with Crippen molar-refractivity contribution in [3.8, 4) is 0 Å². The molecule has 0 aromatic carbocycles. The van der Waals surface area contributed by atoms with E-state index in [0.717, 1.165) is 19.4 Å². The topological polar surface area (TPSA) is 49.6 Å². The Kier molecular flexibility index (Phi) is 6.75. The van der Waals surface area contributed by atoms with Crippen molar-refractivity contribution >= 4 is 5.91 Å². The Morgan fingerprint density at radius 3 is 2.50 bits per heavy atom. The van der Waals surface area contributed by atoms with Gasteiger partial charge in [-0.2, -0.15) is 13.2 Å². The lowest BCUT2D eigenvalue weighted by atomic mass is 10.1. The smallest absolute Gasteiger partial charge is 0.341 e. The maximum absolute atomic E-state index is 12.3. The van der Waals surface area contributed by atoms with E-state index >= 15 is 0 Å². The minimum atomic E-state index is -4.42. The zero-order valence-electron chi connectivity index (χ0n) is 12.0. The molecule has 7 heteroatoms. The van der Waals surface area contributed by atoms with Crippen molar-refractivity contribution in [3.05, 3.63) is 0 Å². The summed E-state index contributed by atoms with van der Waals surface area (Å²) in [4.78, 5) is 15.2. The van der Waals surface area contributed by atoms with E-state index in [-0.39, 0.29) is 0 Å². The number of nitrogens with zero attached hydrogens (tertiary/aromatic N) is 2. The molecular formula is C13H24F3N3O. The summed E-state index contributed by atoms with van der Waals surface area (Å²) in [6.07, 6.45) is -3.22. The van der Waals surface area contributed by atoms with Crippen LogP contribution in [-0.2, 0) is 4.79 Å². The van der Waals surface area contributed by atoms with Gasteiger partial charge in [-0.1, -0.05) is 6.92 Å². The normalized spacial score (nSPS) is 19.8. The van der Waals surface area contributed by atoms with Crippen LogP contribution in [0.15, 0.2) is 0 Å². The van der Waals surface area contributed by atoms with Crippen molar-refractivity contribution in [2.75, 3.05) is 32.7 Å². The molecule has 0 radical (unpaired) electrons. The van der Waals surface area contributed by atoms with Crippen molar-refractivity contribution < 1.29 is 18.0 Å². The van der Waals surface area contributed by atoms with E-state index in [1.54, 1.807) is 0 Å². The molecule has 1 amide bonds. The minimum absolute atomic E-state index is 0.359. The third-order valence-corrected chi connectivity index (χ3v) is 3.72. The van der Waals surface area contributed by atoms with E-state index in [0.29, 0.717) is 38.6 Å². The van der Waals surface area contributed by atoms with Crippen LogP contribution in [0.5, 0.6) is 0 Å². The van der Waals surface area contributed by atoms with Crippen molar-refractivity contribution in [2.45, 2.75) is 44.8 Å². The lowest BCUT2D eigenvalue weighted by Gasteiger charge is -2.29. The van der Waals surface area contributed by atoms with Gasteiger partial charge >= 0.3 is 6.18 Å². The molecular weight excluding hydrogens is 271 g/mol. The lowest BCUT2D eigenvalue weighted by molar-refractivity contribution is -0.161. The van der Waals surface area contributed by atoms with Gasteiger partial charge in [0.05, 0.1) is 0 Å². The molecule has 0 spiro atoms. The number of halogens is 3. The number of rotatable bonds is 5. The molecule has 0 aromatic rings. The highest BCUT2D eigenvalue weighted by Crippen LogP contribution is 2.21. The second-order valence-electron chi connectivity index (χ2n) is 5.20. The van der Waals surface area contributed by atoms with Crippen LogP contribution in [0.4, 0.5) is 13.2 Å². The molecule has 4 nitrogen and oxygen atoms in total. The van der Waals surface area contributed by atoms with E-state index in [9.17, 15) is 18.0 Å². The first-order chi connectivity index (χ1) is 9.37. The van der Waals surface area contributed by atoms with Gasteiger partial charge in [0.1, 0.15) is 6.42 Å². The number of hydrogen-bond donors (Lipinski definition) is 1. The van der Waals surface area contributed by atoms with E-state index < -0.39 is 18.5 Å². The Morgan fingerprint density at radius 2 is 1.95 bits per heavy atom. The zero-order valence-corrected chi connectivity index (χ0v) is 12.0. The molecule has 1 aliphatic heterocycles. The van der Waals surface area contributed by atoms with Gasteiger partial charge < -0.3 is 10.6 Å². The summed E-state index contributed by atoms with van der Waals surface area (Å²) >= 11 is 0. The van der Waals surface area contributed by atoms with Gasteiger partial charge in [-0.15, -0.1) is 0 Å². The third-order valence-electron chi connectivity index (χ3n) is 3.72. The van der Waals surface area contributed by atoms with Crippen LogP contribution >= 0.6 is 0 Å². The largest absolute Gasteiger partial charge is 0.397 e. The summed E-state index contributed by atoms with van der Waals surface area (Å²) in [7, 11) is 0. The average Bonchev–Trinajstić information content (AvgIpc) is 2.59. The molecule has 1 unspecified atom stereocenters. The van der Waals surface area contributed by atoms with Gasteiger partial charge in [0.25, 0.3) is 0 Å². The van der Waals surface area contributed by atoms with Crippen LogP contribution in [0.2, 0.25) is 0 Å². The quantitative estimate of drug-likeness (QED) is 0.838. The number of alkyl halides is 3.